The second-order valence-corrected chi connectivity index (χ2v) is 5.52. The van der Waals surface area contributed by atoms with E-state index in [4.69, 9.17) is 4.74 Å². The van der Waals surface area contributed by atoms with Crippen LogP contribution in [-0.4, -0.2) is 26.3 Å². The standard InChI is InChI=1S/C16H35NO/c1-5-7-8-9-10-11-16(17-13-6-2)15(3)12-14-18-4/h15-17H,5-14H2,1-4H3. The first-order valence-electron chi connectivity index (χ1n) is 7.98. The maximum atomic E-state index is 5.20. The zero-order chi connectivity index (χ0) is 13.6. The van der Waals surface area contributed by atoms with Gasteiger partial charge in [-0.1, -0.05) is 52.9 Å². The lowest BCUT2D eigenvalue weighted by Gasteiger charge is -2.25. The molecule has 0 amide bonds. The maximum absolute atomic E-state index is 5.20. The van der Waals surface area contributed by atoms with Crippen molar-refractivity contribution >= 4 is 0 Å². The Morgan fingerprint density at radius 2 is 1.67 bits per heavy atom. The van der Waals surface area contributed by atoms with Gasteiger partial charge in [0.05, 0.1) is 0 Å². The zero-order valence-electron chi connectivity index (χ0n) is 13.1. The van der Waals surface area contributed by atoms with Crippen molar-refractivity contribution in [2.24, 2.45) is 5.92 Å². The van der Waals surface area contributed by atoms with E-state index < -0.39 is 0 Å². The van der Waals surface area contributed by atoms with Gasteiger partial charge < -0.3 is 10.1 Å². The molecule has 0 spiro atoms. The third-order valence-corrected chi connectivity index (χ3v) is 3.74. The van der Waals surface area contributed by atoms with Crippen molar-refractivity contribution in [2.75, 3.05) is 20.3 Å². The van der Waals surface area contributed by atoms with Crippen LogP contribution in [0.15, 0.2) is 0 Å². The lowest BCUT2D eigenvalue weighted by Crippen LogP contribution is -2.36. The summed E-state index contributed by atoms with van der Waals surface area (Å²) in [7, 11) is 1.80. The molecule has 0 fully saturated rings. The van der Waals surface area contributed by atoms with Gasteiger partial charge in [-0.3, -0.25) is 0 Å². The van der Waals surface area contributed by atoms with Gasteiger partial charge in [0.2, 0.25) is 0 Å². The molecule has 0 saturated carbocycles. The highest BCUT2D eigenvalue weighted by atomic mass is 16.5. The lowest BCUT2D eigenvalue weighted by atomic mass is 9.93. The molecule has 2 heteroatoms. The number of hydrogen-bond donors (Lipinski definition) is 1. The molecule has 0 heterocycles. The number of hydrogen-bond acceptors (Lipinski definition) is 2. The molecule has 0 radical (unpaired) electrons. The van der Waals surface area contributed by atoms with Crippen LogP contribution in [0.5, 0.6) is 0 Å². The Morgan fingerprint density at radius 3 is 2.28 bits per heavy atom. The Labute approximate surface area is 115 Å². The predicted molar refractivity (Wildman–Crippen MR) is 81.1 cm³/mol. The average Bonchev–Trinajstić information content (AvgIpc) is 2.39. The lowest BCUT2D eigenvalue weighted by molar-refractivity contribution is 0.168. The fourth-order valence-corrected chi connectivity index (χ4v) is 2.39. The highest BCUT2D eigenvalue weighted by Gasteiger charge is 2.15. The summed E-state index contributed by atoms with van der Waals surface area (Å²) in [5, 5.41) is 3.71. The summed E-state index contributed by atoms with van der Waals surface area (Å²) in [6, 6.07) is 0.682. The van der Waals surface area contributed by atoms with E-state index in [0.29, 0.717) is 6.04 Å². The van der Waals surface area contributed by atoms with E-state index in [0.717, 1.165) is 19.1 Å². The van der Waals surface area contributed by atoms with Gasteiger partial charge in [0, 0.05) is 19.8 Å². The Hall–Kier alpha value is -0.0800. The van der Waals surface area contributed by atoms with Gasteiger partial charge in [-0.05, 0) is 31.7 Å². The molecule has 18 heavy (non-hydrogen) atoms. The average molecular weight is 257 g/mol. The molecule has 0 aromatic carbocycles. The van der Waals surface area contributed by atoms with Gasteiger partial charge >= 0.3 is 0 Å². The quantitative estimate of drug-likeness (QED) is 0.494. The molecule has 0 rings (SSSR count). The van der Waals surface area contributed by atoms with Gasteiger partial charge in [-0.2, -0.15) is 0 Å². The highest BCUT2D eigenvalue weighted by Crippen LogP contribution is 2.16. The van der Waals surface area contributed by atoms with Gasteiger partial charge in [-0.15, -0.1) is 0 Å². The number of ether oxygens (including phenoxy) is 1. The van der Waals surface area contributed by atoms with Crippen molar-refractivity contribution in [1.82, 2.24) is 5.32 Å². The molecule has 2 atom stereocenters. The van der Waals surface area contributed by atoms with Crippen molar-refractivity contribution in [3.63, 3.8) is 0 Å². The molecule has 0 aromatic heterocycles. The second-order valence-electron chi connectivity index (χ2n) is 5.52. The van der Waals surface area contributed by atoms with Gasteiger partial charge in [0.1, 0.15) is 0 Å². The molecular formula is C16H35NO. The summed E-state index contributed by atoms with van der Waals surface area (Å²) in [6.45, 7) is 8.92. The van der Waals surface area contributed by atoms with E-state index in [9.17, 15) is 0 Å². The molecular weight excluding hydrogens is 222 g/mol. The Morgan fingerprint density at radius 1 is 0.944 bits per heavy atom. The van der Waals surface area contributed by atoms with Crippen LogP contribution in [0.2, 0.25) is 0 Å². The minimum atomic E-state index is 0.682. The minimum Gasteiger partial charge on any atom is -0.385 e. The van der Waals surface area contributed by atoms with E-state index in [2.05, 4.69) is 26.1 Å². The molecule has 0 aliphatic carbocycles. The maximum Gasteiger partial charge on any atom is 0.0465 e. The molecule has 0 saturated heterocycles. The summed E-state index contributed by atoms with van der Waals surface area (Å²) >= 11 is 0. The summed E-state index contributed by atoms with van der Waals surface area (Å²) in [4.78, 5) is 0. The van der Waals surface area contributed by atoms with Crippen molar-refractivity contribution in [1.29, 1.82) is 0 Å². The van der Waals surface area contributed by atoms with Crippen LogP contribution in [0.1, 0.15) is 72.1 Å². The Bertz CT molecular complexity index is 161. The van der Waals surface area contributed by atoms with Crippen LogP contribution in [0.4, 0.5) is 0 Å². The minimum absolute atomic E-state index is 0.682. The highest BCUT2D eigenvalue weighted by molar-refractivity contribution is 4.73. The fourth-order valence-electron chi connectivity index (χ4n) is 2.39. The van der Waals surface area contributed by atoms with Crippen LogP contribution < -0.4 is 5.32 Å². The monoisotopic (exact) mass is 257 g/mol. The molecule has 0 aliphatic rings. The van der Waals surface area contributed by atoms with Crippen LogP contribution in [0.3, 0.4) is 0 Å². The molecule has 110 valence electrons. The third kappa shape index (κ3) is 9.90. The number of unbranched alkanes of at least 4 members (excludes halogenated alkanes) is 4. The van der Waals surface area contributed by atoms with E-state index >= 15 is 0 Å². The van der Waals surface area contributed by atoms with E-state index in [1.165, 1.54) is 51.4 Å². The topological polar surface area (TPSA) is 21.3 Å². The van der Waals surface area contributed by atoms with Gasteiger partial charge in [0.25, 0.3) is 0 Å². The molecule has 2 nitrogen and oxygen atoms in total. The van der Waals surface area contributed by atoms with Crippen molar-refractivity contribution < 1.29 is 4.74 Å². The van der Waals surface area contributed by atoms with Crippen LogP contribution in [0.25, 0.3) is 0 Å². The Balaban J connectivity index is 3.82. The SMILES string of the molecule is CCCCCCCC(NCCC)C(C)CCOC. The molecule has 1 N–H and O–H groups in total. The smallest absolute Gasteiger partial charge is 0.0465 e. The zero-order valence-corrected chi connectivity index (χ0v) is 13.1. The molecule has 0 aromatic rings. The van der Waals surface area contributed by atoms with Gasteiger partial charge in [-0.25, -0.2) is 0 Å². The van der Waals surface area contributed by atoms with E-state index in [1.807, 2.05) is 0 Å². The Kier molecular flexibility index (Phi) is 13.3. The van der Waals surface area contributed by atoms with E-state index in [1.54, 1.807) is 7.11 Å². The largest absolute Gasteiger partial charge is 0.385 e. The van der Waals surface area contributed by atoms with Crippen LogP contribution >= 0.6 is 0 Å². The molecule has 2 unspecified atom stereocenters. The van der Waals surface area contributed by atoms with Crippen molar-refractivity contribution in [3.8, 4) is 0 Å². The summed E-state index contributed by atoms with van der Waals surface area (Å²) < 4.78 is 5.20. The third-order valence-electron chi connectivity index (χ3n) is 3.74. The normalized spacial score (nSPS) is 14.7. The fraction of sp³-hybridized carbons (Fsp3) is 1.00. The number of nitrogens with one attached hydrogen (secondary N) is 1. The number of rotatable bonds is 13. The summed E-state index contributed by atoms with van der Waals surface area (Å²) in [5.74, 6) is 0.725. The van der Waals surface area contributed by atoms with E-state index in [-0.39, 0.29) is 0 Å². The van der Waals surface area contributed by atoms with Crippen molar-refractivity contribution in [3.05, 3.63) is 0 Å². The number of methoxy groups -OCH3 is 1. The molecule has 0 aliphatic heterocycles. The van der Waals surface area contributed by atoms with Crippen LogP contribution in [0, 0.1) is 5.92 Å². The predicted octanol–water partition coefficient (Wildman–Crippen LogP) is 4.39. The van der Waals surface area contributed by atoms with Crippen LogP contribution in [-0.2, 0) is 4.74 Å². The van der Waals surface area contributed by atoms with Gasteiger partial charge in [0.15, 0.2) is 0 Å². The van der Waals surface area contributed by atoms with Crippen molar-refractivity contribution in [2.45, 2.75) is 78.2 Å². The summed E-state index contributed by atoms with van der Waals surface area (Å²) in [6.07, 6.45) is 10.6. The summed E-state index contributed by atoms with van der Waals surface area (Å²) in [5.41, 5.74) is 0. The first kappa shape index (κ1) is 17.9. The first-order chi connectivity index (χ1) is 8.76. The second kappa shape index (κ2) is 13.4. The first-order valence-corrected chi connectivity index (χ1v) is 7.98. The molecule has 0 bridgehead atoms.